The molecule has 1 amide bonds. The molecule has 24 heavy (non-hydrogen) atoms. The van der Waals surface area contributed by atoms with Gasteiger partial charge < -0.3 is 16.0 Å². The summed E-state index contributed by atoms with van der Waals surface area (Å²) in [5.41, 5.74) is 7.78. The SMILES string of the molecule is C[C@@H](C/C=C/c1ccc(N)nc1)NC(=O)c1nc2ncccc2[nH]1. The van der Waals surface area contributed by atoms with Gasteiger partial charge in [0.2, 0.25) is 0 Å². The third kappa shape index (κ3) is 3.75. The van der Waals surface area contributed by atoms with Crippen molar-refractivity contribution in [1.29, 1.82) is 0 Å². The molecule has 7 heteroatoms. The number of aromatic amines is 1. The first-order valence-corrected chi connectivity index (χ1v) is 7.61. The molecule has 0 unspecified atom stereocenters. The van der Waals surface area contributed by atoms with Crippen molar-refractivity contribution in [3.05, 3.63) is 54.1 Å². The molecule has 7 nitrogen and oxygen atoms in total. The Morgan fingerprint density at radius 1 is 1.38 bits per heavy atom. The number of pyridine rings is 2. The van der Waals surface area contributed by atoms with Gasteiger partial charge in [-0.3, -0.25) is 4.79 Å². The minimum absolute atomic E-state index is 0.0309. The van der Waals surface area contributed by atoms with Gasteiger partial charge in [-0.05, 0) is 43.2 Å². The van der Waals surface area contributed by atoms with E-state index in [1.54, 1.807) is 24.5 Å². The molecule has 4 N–H and O–H groups in total. The van der Waals surface area contributed by atoms with Crippen LogP contribution in [-0.4, -0.2) is 31.9 Å². The minimum Gasteiger partial charge on any atom is -0.384 e. The fraction of sp³-hybridized carbons (Fsp3) is 0.176. The van der Waals surface area contributed by atoms with Gasteiger partial charge in [0, 0.05) is 18.4 Å². The van der Waals surface area contributed by atoms with E-state index >= 15 is 0 Å². The van der Waals surface area contributed by atoms with Crippen LogP contribution < -0.4 is 11.1 Å². The number of nitrogen functional groups attached to an aromatic ring is 1. The Morgan fingerprint density at radius 2 is 2.25 bits per heavy atom. The number of H-pyrrole nitrogens is 1. The quantitative estimate of drug-likeness (QED) is 0.667. The van der Waals surface area contributed by atoms with Gasteiger partial charge in [0.05, 0.1) is 5.52 Å². The summed E-state index contributed by atoms with van der Waals surface area (Å²) in [5, 5.41) is 2.91. The van der Waals surface area contributed by atoms with E-state index < -0.39 is 0 Å². The number of hydrogen-bond donors (Lipinski definition) is 3. The highest BCUT2D eigenvalue weighted by molar-refractivity contribution is 5.93. The number of rotatable bonds is 5. The van der Waals surface area contributed by atoms with Crippen LogP contribution in [0, 0.1) is 0 Å². The summed E-state index contributed by atoms with van der Waals surface area (Å²) in [7, 11) is 0. The Balaban J connectivity index is 1.56. The lowest BCUT2D eigenvalue weighted by atomic mass is 10.2. The fourth-order valence-electron chi connectivity index (χ4n) is 2.23. The number of anilines is 1. The van der Waals surface area contributed by atoms with Crippen LogP contribution >= 0.6 is 0 Å². The van der Waals surface area contributed by atoms with Crippen LogP contribution in [0.3, 0.4) is 0 Å². The third-order valence-corrected chi connectivity index (χ3v) is 3.46. The van der Waals surface area contributed by atoms with E-state index in [0.717, 1.165) is 11.1 Å². The van der Waals surface area contributed by atoms with Crippen molar-refractivity contribution in [3.8, 4) is 0 Å². The smallest absolute Gasteiger partial charge is 0.287 e. The molecule has 3 aromatic heterocycles. The standard InChI is InChI=1S/C17H18N6O/c1-11(4-2-5-12-7-8-14(18)20-10-12)21-17(24)16-22-13-6-3-9-19-15(13)23-16/h2-3,5-11H,4H2,1H3,(H2,18,20)(H,21,24)(H,19,22,23)/b5-2+/t11-/m0/s1. The molecular weight excluding hydrogens is 304 g/mol. The highest BCUT2D eigenvalue weighted by atomic mass is 16.2. The predicted octanol–water partition coefficient (Wildman–Crippen LogP) is 2.16. The first-order chi connectivity index (χ1) is 11.6. The summed E-state index contributed by atoms with van der Waals surface area (Å²) in [4.78, 5) is 27.5. The Labute approximate surface area is 139 Å². The molecule has 122 valence electrons. The number of carbonyl (C=O) groups excluding carboxylic acids is 1. The first-order valence-electron chi connectivity index (χ1n) is 7.61. The average Bonchev–Trinajstić information content (AvgIpc) is 3.01. The molecule has 0 fully saturated rings. The molecule has 0 spiro atoms. The largest absolute Gasteiger partial charge is 0.384 e. The van der Waals surface area contributed by atoms with Gasteiger partial charge in [0.1, 0.15) is 5.82 Å². The zero-order valence-corrected chi connectivity index (χ0v) is 13.2. The Bertz CT molecular complexity index is 835. The molecule has 0 aliphatic rings. The number of aromatic nitrogens is 4. The van der Waals surface area contributed by atoms with Crippen molar-refractivity contribution >= 4 is 29.0 Å². The van der Waals surface area contributed by atoms with Gasteiger partial charge in [-0.15, -0.1) is 0 Å². The summed E-state index contributed by atoms with van der Waals surface area (Å²) in [6, 6.07) is 7.24. The molecule has 1 atom stereocenters. The van der Waals surface area contributed by atoms with E-state index in [1.807, 2.05) is 31.2 Å². The van der Waals surface area contributed by atoms with Crippen LogP contribution in [0.1, 0.15) is 29.5 Å². The second-order valence-corrected chi connectivity index (χ2v) is 5.49. The Kier molecular flexibility index (Phi) is 4.51. The predicted molar refractivity (Wildman–Crippen MR) is 93.1 cm³/mol. The van der Waals surface area contributed by atoms with Crippen molar-refractivity contribution in [2.45, 2.75) is 19.4 Å². The lowest BCUT2D eigenvalue weighted by Crippen LogP contribution is -2.32. The van der Waals surface area contributed by atoms with Crippen molar-refractivity contribution in [3.63, 3.8) is 0 Å². The zero-order valence-electron chi connectivity index (χ0n) is 13.2. The van der Waals surface area contributed by atoms with E-state index in [0.29, 0.717) is 17.9 Å². The summed E-state index contributed by atoms with van der Waals surface area (Å²) in [5.74, 6) is 0.512. The highest BCUT2D eigenvalue weighted by Gasteiger charge is 2.13. The normalized spacial score (nSPS) is 12.5. The van der Waals surface area contributed by atoms with E-state index in [4.69, 9.17) is 5.73 Å². The van der Waals surface area contributed by atoms with Crippen LogP contribution in [0.25, 0.3) is 17.2 Å². The maximum atomic E-state index is 12.2. The molecule has 0 saturated carbocycles. The van der Waals surface area contributed by atoms with E-state index in [-0.39, 0.29) is 17.8 Å². The number of amides is 1. The molecule has 0 aromatic carbocycles. The Morgan fingerprint density at radius 3 is 3.00 bits per heavy atom. The number of nitrogens with zero attached hydrogens (tertiary/aromatic N) is 3. The van der Waals surface area contributed by atoms with Gasteiger partial charge in [0.25, 0.3) is 5.91 Å². The van der Waals surface area contributed by atoms with Crippen molar-refractivity contribution < 1.29 is 4.79 Å². The summed E-state index contributed by atoms with van der Waals surface area (Å²) in [6.07, 6.45) is 7.97. The summed E-state index contributed by atoms with van der Waals surface area (Å²) < 4.78 is 0. The van der Waals surface area contributed by atoms with E-state index in [1.165, 1.54) is 0 Å². The number of fused-ring (bicyclic) bond motifs is 1. The number of hydrogen-bond acceptors (Lipinski definition) is 5. The number of nitrogens with one attached hydrogen (secondary N) is 2. The van der Waals surface area contributed by atoms with E-state index in [2.05, 4.69) is 25.3 Å². The molecule has 3 rings (SSSR count). The molecular formula is C17H18N6O. The monoisotopic (exact) mass is 322 g/mol. The van der Waals surface area contributed by atoms with Gasteiger partial charge in [0.15, 0.2) is 11.5 Å². The van der Waals surface area contributed by atoms with Crippen molar-refractivity contribution in [2.24, 2.45) is 0 Å². The van der Waals surface area contributed by atoms with Gasteiger partial charge >= 0.3 is 0 Å². The van der Waals surface area contributed by atoms with Crippen molar-refractivity contribution in [1.82, 2.24) is 25.3 Å². The molecule has 0 bridgehead atoms. The number of nitrogens with two attached hydrogens (primary N) is 1. The topological polar surface area (TPSA) is 110 Å². The van der Waals surface area contributed by atoms with Crippen LogP contribution in [-0.2, 0) is 0 Å². The molecule has 3 heterocycles. The van der Waals surface area contributed by atoms with Crippen LogP contribution in [0.2, 0.25) is 0 Å². The molecule has 3 aromatic rings. The van der Waals surface area contributed by atoms with Gasteiger partial charge in [-0.1, -0.05) is 12.2 Å². The van der Waals surface area contributed by atoms with Crippen LogP contribution in [0.5, 0.6) is 0 Å². The van der Waals surface area contributed by atoms with Gasteiger partial charge in [-0.25, -0.2) is 15.0 Å². The lowest BCUT2D eigenvalue weighted by molar-refractivity contribution is 0.0931. The lowest BCUT2D eigenvalue weighted by Gasteiger charge is -2.10. The van der Waals surface area contributed by atoms with Crippen LogP contribution in [0.4, 0.5) is 5.82 Å². The molecule has 0 radical (unpaired) electrons. The van der Waals surface area contributed by atoms with E-state index in [9.17, 15) is 4.79 Å². The first kappa shape index (κ1) is 15.7. The molecule has 0 aliphatic carbocycles. The zero-order chi connectivity index (χ0) is 16.9. The Hall–Kier alpha value is -3.22. The van der Waals surface area contributed by atoms with Gasteiger partial charge in [-0.2, -0.15) is 0 Å². The summed E-state index contributed by atoms with van der Waals surface area (Å²) in [6.45, 7) is 1.93. The summed E-state index contributed by atoms with van der Waals surface area (Å²) >= 11 is 0. The maximum absolute atomic E-state index is 12.2. The third-order valence-electron chi connectivity index (χ3n) is 3.46. The second-order valence-electron chi connectivity index (χ2n) is 5.49. The number of carbonyl (C=O) groups is 1. The highest BCUT2D eigenvalue weighted by Crippen LogP contribution is 2.08. The average molecular weight is 322 g/mol. The molecule has 0 saturated heterocycles. The van der Waals surface area contributed by atoms with Crippen molar-refractivity contribution in [2.75, 3.05) is 5.73 Å². The second kappa shape index (κ2) is 6.91. The maximum Gasteiger partial charge on any atom is 0.287 e. The fourth-order valence-corrected chi connectivity index (χ4v) is 2.23. The minimum atomic E-state index is -0.247. The van der Waals surface area contributed by atoms with Crippen LogP contribution in [0.15, 0.2) is 42.7 Å². The molecule has 0 aliphatic heterocycles. The number of imidazole rings is 1.